The predicted molar refractivity (Wildman–Crippen MR) is 175 cm³/mol. The number of hydrogen-bond acceptors (Lipinski definition) is 8. The highest BCUT2D eigenvalue weighted by atomic mass is 32.2. The van der Waals surface area contributed by atoms with Gasteiger partial charge in [0, 0.05) is 18.3 Å². The number of sulfonamides is 1. The number of ether oxygens (including phenoxy) is 1. The van der Waals surface area contributed by atoms with Gasteiger partial charge in [0.2, 0.25) is 15.9 Å². The normalized spacial score (nSPS) is 11.8. The number of anilines is 2. The summed E-state index contributed by atoms with van der Waals surface area (Å²) in [5, 5.41) is 16.1. The zero-order chi connectivity index (χ0) is 34.5. The fraction of sp³-hybridized carbons (Fsp3) is 0.419. The molecule has 0 aliphatic rings. The average molecular weight is 645 g/mol. The number of amides is 2. The summed E-state index contributed by atoms with van der Waals surface area (Å²) >= 11 is 0. The number of benzene rings is 2. The summed E-state index contributed by atoms with van der Waals surface area (Å²) in [4.78, 5) is 37.1. The Bertz CT molecular complexity index is 1670. The number of methoxy groups -OCH3 is 1. The van der Waals surface area contributed by atoms with Crippen LogP contribution in [0.1, 0.15) is 66.5 Å². The second kappa shape index (κ2) is 14.1. The molecule has 2 aromatic carbocycles. The smallest absolute Gasteiger partial charge is 0.338 e. The zero-order valence-electron chi connectivity index (χ0n) is 27.5. The molecule has 0 bridgehead atoms. The number of aromatic nitrogens is 2. The van der Waals surface area contributed by atoms with E-state index in [1.165, 1.54) is 24.2 Å². The molecule has 0 radical (unpaired) electrons. The average Bonchev–Trinajstić information content (AvgIpc) is 3.37. The Morgan fingerprint density at radius 3 is 2.09 bits per heavy atom. The highest BCUT2D eigenvalue weighted by Crippen LogP contribution is 2.39. The molecule has 5 N–H and O–H groups in total. The first kappa shape index (κ1) is 36.8. The van der Waals surface area contributed by atoms with Crippen LogP contribution in [0.5, 0.6) is 5.75 Å². The van der Waals surface area contributed by atoms with Crippen LogP contribution in [0.4, 0.5) is 11.4 Å². The van der Waals surface area contributed by atoms with Gasteiger partial charge in [-0.15, -0.1) is 0 Å². The standard InChI is InChI=1S/C24H28N4O6S.C7H16N2O/c1-14-7-8-15(9-20(14)28-13-16(12-25-28)23(30)31)22(29)26-18-10-17(24(2,3)4)11-19(21(18)34-5)27-35(6,32)33;1-7(2,6(8)10)5-9(3)4/h7-13,27H,1-6H3,(H,26,29)(H,30,31);5H2,1-4H3,(H2,8,10). The maximum absolute atomic E-state index is 13.2. The molecule has 1 heterocycles. The summed E-state index contributed by atoms with van der Waals surface area (Å²) in [6.45, 7) is 12.1. The lowest BCUT2D eigenvalue weighted by Gasteiger charge is -2.24. The lowest BCUT2D eigenvalue weighted by molar-refractivity contribution is -0.126. The number of carbonyl (C=O) groups is 3. The van der Waals surface area contributed by atoms with Crippen LogP contribution in [0.15, 0.2) is 42.7 Å². The molecule has 13 nitrogen and oxygen atoms in total. The first-order valence-electron chi connectivity index (χ1n) is 13.9. The fourth-order valence-corrected chi connectivity index (χ4v) is 4.83. The van der Waals surface area contributed by atoms with Crippen molar-refractivity contribution in [3.8, 4) is 11.4 Å². The third-order valence-electron chi connectivity index (χ3n) is 6.63. The van der Waals surface area contributed by atoms with Gasteiger partial charge in [0.25, 0.3) is 5.91 Å². The summed E-state index contributed by atoms with van der Waals surface area (Å²) in [6, 6.07) is 8.37. The van der Waals surface area contributed by atoms with Crippen LogP contribution in [0.25, 0.3) is 5.69 Å². The lowest BCUT2D eigenvalue weighted by Crippen LogP contribution is -2.39. The number of carboxylic acids is 1. The molecular weight excluding hydrogens is 600 g/mol. The number of nitrogens with zero attached hydrogens (tertiary/aromatic N) is 3. The lowest BCUT2D eigenvalue weighted by atomic mass is 9.86. The molecule has 0 spiro atoms. The molecule has 0 unspecified atom stereocenters. The molecule has 0 fully saturated rings. The summed E-state index contributed by atoms with van der Waals surface area (Å²) in [5.41, 5.74) is 7.32. The summed E-state index contributed by atoms with van der Waals surface area (Å²) < 4.78 is 33.2. The first-order valence-corrected chi connectivity index (χ1v) is 15.8. The topological polar surface area (TPSA) is 186 Å². The van der Waals surface area contributed by atoms with Crippen LogP contribution < -0.4 is 20.5 Å². The Balaban J connectivity index is 0.000000607. The number of carbonyl (C=O) groups excluding carboxylic acids is 2. The maximum Gasteiger partial charge on any atom is 0.338 e. The highest BCUT2D eigenvalue weighted by Gasteiger charge is 2.25. The van der Waals surface area contributed by atoms with Gasteiger partial charge in [0.1, 0.15) is 0 Å². The van der Waals surface area contributed by atoms with Gasteiger partial charge in [-0.05, 0) is 75.7 Å². The van der Waals surface area contributed by atoms with Gasteiger partial charge < -0.3 is 25.8 Å². The third kappa shape index (κ3) is 10.3. The fourth-order valence-electron chi connectivity index (χ4n) is 4.28. The van der Waals surface area contributed by atoms with E-state index >= 15 is 0 Å². The van der Waals surface area contributed by atoms with E-state index in [-0.39, 0.29) is 28.3 Å². The molecule has 2 amide bonds. The Morgan fingerprint density at radius 2 is 1.64 bits per heavy atom. The second-order valence-electron chi connectivity index (χ2n) is 12.6. The number of carboxylic acid groups (broad SMARTS) is 1. The number of hydrogen-bond donors (Lipinski definition) is 4. The number of aromatic carboxylic acids is 1. The molecule has 0 aliphatic carbocycles. The number of nitrogens with two attached hydrogens (primary N) is 1. The molecule has 3 aromatic rings. The highest BCUT2D eigenvalue weighted by molar-refractivity contribution is 7.92. The second-order valence-corrected chi connectivity index (χ2v) is 14.4. The van der Waals surface area contributed by atoms with Gasteiger partial charge in [0.05, 0.1) is 47.6 Å². The van der Waals surface area contributed by atoms with Crippen molar-refractivity contribution < 1.29 is 32.6 Å². The van der Waals surface area contributed by atoms with E-state index in [0.29, 0.717) is 23.5 Å². The monoisotopic (exact) mass is 644 g/mol. The predicted octanol–water partition coefficient (Wildman–Crippen LogP) is 3.87. The number of nitrogens with one attached hydrogen (secondary N) is 2. The summed E-state index contributed by atoms with van der Waals surface area (Å²) in [7, 11) is 1.62. The summed E-state index contributed by atoms with van der Waals surface area (Å²) in [6.07, 6.45) is 3.63. The molecular formula is C31H44N6O7S. The van der Waals surface area contributed by atoms with Crippen molar-refractivity contribution in [3.63, 3.8) is 0 Å². The van der Waals surface area contributed by atoms with Crippen molar-refractivity contribution in [1.29, 1.82) is 0 Å². The van der Waals surface area contributed by atoms with Crippen LogP contribution in [0.3, 0.4) is 0 Å². The van der Waals surface area contributed by atoms with Crippen LogP contribution in [-0.4, -0.2) is 80.0 Å². The molecule has 0 saturated carbocycles. The van der Waals surface area contributed by atoms with E-state index in [4.69, 9.17) is 10.5 Å². The minimum Gasteiger partial charge on any atom is -0.492 e. The van der Waals surface area contributed by atoms with Crippen molar-refractivity contribution in [3.05, 3.63) is 65.0 Å². The number of rotatable bonds is 10. The van der Waals surface area contributed by atoms with Crippen molar-refractivity contribution >= 4 is 39.2 Å². The van der Waals surface area contributed by atoms with Crippen molar-refractivity contribution in [2.24, 2.45) is 11.1 Å². The van der Waals surface area contributed by atoms with Crippen molar-refractivity contribution in [1.82, 2.24) is 14.7 Å². The molecule has 0 aliphatic heterocycles. The third-order valence-corrected chi connectivity index (χ3v) is 7.22. The first-order chi connectivity index (χ1) is 20.6. The Hall–Kier alpha value is -4.43. The van der Waals surface area contributed by atoms with E-state index < -0.39 is 27.3 Å². The van der Waals surface area contributed by atoms with E-state index in [1.807, 2.05) is 60.5 Å². The van der Waals surface area contributed by atoms with E-state index in [9.17, 15) is 27.9 Å². The maximum atomic E-state index is 13.2. The molecule has 45 heavy (non-hydrogen) atoms. The molecule has 0 atom stereocenters. The molecule has 14 heteroatoms. The molecule has 246 valence electrons. The van der Waals surface area contributed by atoms with Crippen molar-refractivity contribution in [2.75, 3.05) is 44.0 Å². The Kier molecular flexibility index (Phi) is 11.5. The minimum atomic E-state index is -3.61. The molecule has 0 saturated heterocycles. The van der Waals surface area contributed by atoms with E-state index in [2.05, 4.69) is 15.1 Å². The quantitative estimate of drug-likeness (QED) is 0.254. The summed E-state index contributed by atoms with van der Waals surface area (Å²) in [5.74, 6) is -1.65. The number of aryl methyl sites for hydroxylation is 1. The van der Waals surface area contributed by atoms with Crippen LogP contribution >= 0.6 is 0 Å². The zero-order valence-corrected chi connectivity index (χ0v) is 28.3. The van der Waals surface area contributed by atoms with Gasteiger partial charge in [-0.3, -0.25) is 14.3 Å². The Labute approximate surface area is 264 Å². The van der Waals surface area contributed by atoms with Gasteiger partial charge in [0.15, 0.2) is 5.75 Å². The molecule has 3 rings (SSSR count). The van der Waals surface area contributed by atoms with Gasteiger partial charge in [-0.1, -0.05) is 26.8 Å². The van der Waals surface area contributed by atoms with Crippen LogP contribution in [0.2, 0.25) is 0 Å². The minimum absolute atomic E-state index is 0.0221. The van der Waals surface area contributed by atoms with Crippen LogP contribution in [0, 0.1) is 12.3 Å². The largest absolute Gasteiger partial charge is 0.492 e. The van der Waals surface area contributed by atoms with Crippen molar-refractivity contribution in [2.45, 2.75) is 47.0 Å². The Morgan fingerprint density at radius 1 is 1.04 bits per heavy atom. The van der Waals surface area contributed by atoms with Gasteiger partial charge in [-0.25, -0.2) is 17.9 Å². The SMILES string of the molecule is CN(C)CC(C)(C)C(N)=O.COc1c(NC(=O)c2ccc(C)c(-n3cc(C(=O)O)cn3)c2)cc(C(C)(C)C)cc1NS(C)(=O)=O. The van der Waals surface area contributed by atoms with Gasteiger partial charge in [-0.2, -0.15) is 5.10 Å². The van der Waals surface area contributed by atoms with E-state index in [1.54, 1.807) is 30.3 Å². The number of primary amides is 1. The van der Waals surface area contributed by atoms with E-state index in [0.717, 1.165) is 17.4 Å². The van der Waals surface area contributed by atoms with Crippen LogP contribution in [-0.2, 0) is 20.2 Å². The van der Waals surface area contributed by atoms with Gasteiger partial charge >= 0.3 is 5.97 Å². The molecule has 1 aromatic heterocycles.